The zero-order chi connectivity index (χ0) is 19.7. The van der Waals surface area contributed by atoms with E-state index in [4.69, 9.17) is 11.6 Å². The van der Waals surface area contributed by atoms with Crippen molar-refractivity contribution < 1.29 is 4.79 Å². The summed E-state index contributed by atoms with van der Waals surface area (Å²) < 4.78 is 0.985. The smallest absolute Gasteiger partial charge is 0.266 e. The molecule has 0 N–H and O–H groups in total. The van der Waals surface area contributed by atoms with Gasteiger partial charge in [-0.15, -0.1) is 0 Å². The van der Waals surface area contributed by atoms with Crippen molar-refractivity contribution >= 4 is 51.0 Å². The fourth-order valence-corrected chi connectivity index (χ4v) is 3.43. The first-order chi connectivity index (χ1) is 13.5. The van der Waals surface area contributed by atoms with E-state index in [2.05, 4.69) is 20.9 Å². The number of hydrogen-bond donors (Lipinski definition) is 0. The number of halogens is 2. The molecule has 1 aliphatic rings. The topological polar surface area (TPSA) is 32.7 Å². The Balaban J connectivity index is 1.82. The van der Waals surface area contributed by atoms with Gasteiger partial charge in [-0.1, -0.05) is 63.4 Å². The van der Waals surface area contributed by atoms with E-state index in [0.717, 1.165) is 26.9 Å². The zero-order valence-corrected chi connectivity index (χ0v) is 17.4. The van der Waals surface area contributed by atoms with E-state index < -0.39 is 0 Å². The molecule has 138 valence electrons. The average molecular weight is 452 g/mol. The molecule has 28 heavy (non-hydrogen) atoms. The summed E-state index contributed by atoms with van der Waals surface area (Å²) in [5, 5.41) is 0.620. The predicted molar refractivity (Wildman–Crippen MR) is 119 cm³/mol. The first kappa shape index (κ1) is 18.7. The molecule has 0 saturated heterocycles. The van der Waals surface area contributed by atoms with Gasteiger partial charge in [0.1, 0.15) is 11.5 Å². The Morgan fingerprint density at radius 3 is 2.39 bits per heavy atom. The number of amidine groups is 1. The highest BCUT2D eigenvalue weighted by molar-refractivity contribution is 9.10. The summed E-state index contributed by atoms with van der Waals surface area (Å²) in [6.07, 6.45) is 1.81. The van der Waals surface area contributed by atoms with Gasteiger partial charge in [-0.3, -0.25) is 9.69 Å². The second-order valence-electron chi connectivity index (χ2n) is 6.50. The fourth-order valence-electron chi connectivity index (χ4n) is 3.04. The van der Waals surface area contributed by atoms with Gasteiger partial charge in [-0.25, -0.2) is 4.99 Å². The van der Waals surface area contributed by atoms with Gasteiger partial charge in [0.2, 0.25) is 0 Å². The highest BCUT2D eigenvalue weighted by atomic mass is 79.9. The Hall–Kier alpha value is -2.69. The number of amides is 1. The SMILES string of the molecule is Cc1cccc(C2=N/C(=C/c3ccc(Br)cc3)C(=O)N2c2ccc(Cl)cc2)c1. The summed E-state index contributed by atoms with van der Waals surface area (Å²) in [7, 11) is 0. The molecular formula is C23H16BrClN2O. The van der Waals surface area contributed by atoms with Crippen LogP contribution in [0.2, 0.25) is 5.02 Å². The van der Waals surface area contributed by atoms with Gasteiger partial charge in [0.25, 0.3) is 5.91 Å². The summed E-state index contributed by atoms with van der Waals surface area (Å²) in [5.41, 5.74) is 4.04. The quantitative estimate of drug-likeness (QED) is 0.433. The van der Waals surface area contributed by atoms with Crippen LogP contribution in [0.5, 0.6) is 0 Å². The van der Waals surface area contributed by atoms with Crippen LogP contribution in [0.4, 0.5) is 5.69 Å². The molecule has 5 heteroatoms. The minimum absolute atomic E-state index is 0.165. The number of anilines is 1. The molecule has 0 spiro atoms. The molecule has 0 atom stereocenters. The number of aliphatic imine (C=N–C) groups is 1. The van der Waals surface area contributed by atoms with E-state index in [9.17, 15) is 4.79 Å². The van der Waals surface area contributed by atoms with Gasteiger partial charge in [0, 0.05) is 15.1 Å². The van der Waals surface area contributed by atoms with Crippen molar-refractivity contribution in [3.8, 4) is 0 Å². The molecule has 1 amide bonds. The molecule has 3 aromatic carbocycles. The lowest BCUT2D eigenvalue weighted by atomic mass is 10.1. The van der Waals surface area contributed by atoms with Gasteiger partial charge in [-0.2, -0.15) is 0 Å². The maximum Gasteiger partial charge on any atom is 0.282 e. The van der Waals surface area contributed by atoms with Crippen LogP contribution in [-0.4, -0.2) is 11.7 Å². The third-order valence-electron chi connectivity index (χ3n) is 4.39. The Morgan fingerprint density at radius 1 is 1.00 bits per heavy atom. The van der Waals surface area contributed by atoms with E-state index in [1.807, 2.05) is 67.6 Å². The molecule has 1 aliphatic heterocycles. The van der Waals surface area contributed by atoms with Crippen LogP contribution < -0.4 is 4.90 Å². The molecule has 4 rings (SSSR count). The van der Waals surface area contributed by atoms with Crippen molar-refractivity contribution in [1.82, 2.24) is 0 Å². The zero-order valence-electron chi connectivity index (χ0n) is 15.1. The summed E-state index contributed by atoms with van der Waals surface area (Å²) >= 11 is 9.46. The lowest BCUT2D eigenvalue weighted by Gasteiger charge is -2.18. The van der Waals surface area contributed by atoms with Crippen LogP contribution in [0, 0.1) is 6.92 Å². The van der Waals surface area contributed by atoms with Crippen molar-refractivity contribution in [2.75, 3.05) is 4.90 Å². The van der Waals surface area contributed by atoms with Crippen LogP contribution >= 0.6 is 27.5 Å². The molecule has 0 radical (unpaired) electrons. The van der Waals surface area contributed by atoms with E-state index in [0.29, 0.717) is 16.6 Å². The van der Waals surface area contributed by atoms with Crippen LogP contribution in [0.25, 0.3) is 6.08 Å². The van der Waals surface area contributed by atoms with E-state index >= 15 is 0 Å². The van der Waals surface area contributed by atoms with Gasteiger partial charge >= 0.3 is 0 Å². The second-order valence-corrected chi connectivity index (χ2v) is 7.86. The lowest BCUT2D eigenvalue weighted by Crippen LogP contribution is -2.32. The lowest BCUT2D eigenvalue weighted by molar-refractivity contribution is -0.113. The molecule has 3 nitrogen and oxygen atoms in total. The van der Waals surface area contributed by atoms with Crippen LogP contribution in [0.15, 0.2) is 88.0 Å². The molecule has 1 heterocycles. The molecule has 0 aromatic heterocycles. The molecule has 0 aliphatic carbocycles. The van der Waals surface area contributed by atoms with Gasteiger partial charge in [-0.05, 0) is 61.0 Å². The van der Waals surface area contributed by atoms with E-state index in [1.54, 1.807) is 23.1 Å². The van der Waals surface area contributed by atoms with Crippen molar-refractivity contribution in [1.29, 1.82) is 0 Å². The summed E-state index contributed by atoms with van der Waals surface area (Å²) in [5.74, 6) is 0.445. The maximum absolute atomic E-state index is 13.2. The Kier molecular flexibility index (Phi) is 5.16. The van der Waals surface area contributed by atoms with E-state index in [1.165, 1.54) is 0 Å². The highest BCUT2D eigenvalue weighted by Gasteiger charge is 2.32. The molecule has 0 bridgehead atoms. The predicted octanol–water partition coefficient (Wildman–Crippen LogP) is 6.25. The molecule has 0 fully saturated rings. The Bertz CT molecular complexity index is 1100. The third kappa shape index (κ3) is 3.79. The Labute approximate surface area is 177 Å². The van der Waals surface area contributed by atoms with Gasteiger partial charge < -0.3 is 0 Å². The van der Waals surface area contributed by atoms with Crippen LogP contribution in [0.1, 0.15) is 16.7 Å². The van der Waals surface area contributed by atoms with Crippen LogP contribution in [0.3, 0.4) is 0 Å². The Morgan fingerprint density at radius 2 is 1.71 bits per heavy atom. The monoisotopic (exact) mass is 450 g/mol. The van der Waals surface area contributed by atoms with Gasteiger partial charge in [0.05, 0.1) is 5.69 Å². The number of carbonyl (C=O) groups is 1. The standard InChI is InChI=1S/C23H16BrClN2O/c1-15-3-2-4-17(13-15)22-26-21(14-16-5-7-18(24)8-6-16)23(28)27(22)20-11-9-19(25)10-12-20/h2-14H,1H3/b21-14+. The largest absolute Gasteiger partial charge is 0.282 e. The number of hydrogen-bond acceptors (Lipinski definition) is 2. The molecule has 0 saturated carbocycles. The van der Waals surface area contributed by atoms with Gasteiger partial charge in [0.15, 0.2) is 0 Å². The normalized spacial score (nSPS) is 15.2. The molecule has 3 aromatic rings. The average Bonchev–Trinajstić information content (AvgIpc) is 3.01. The molecule has 0 unspecified atom stereocenters. The van der Waals surface area contributed by atoms with Crippen molar-refractivity contribution in [3.05, 3.63) is 105 Å². The van der Waals surface area contributed by atoms with Crippen molar-refractivity contribution in [2.45, 2.75) is 6.92 Å². The number of rotatable bonds is 3. The maximum atomic E-state index is 13.2. The fraction of sp³-hybridized carbons (Fsp3) is 0.0435. The molecular weight excluding hydrogens is 436 g/mol. The second kappa shape index (κ2) is 7.74. The minimum Gasteiger partial charge on any atom is -0.266 e. The number of carbonyl (C=O) groups excluding carboxylic acids is 1. The summed E-state index contributed by atoms with van der Waals surface area (Å²) in [6, 6.07) is 22.9. The third-order valence-corrected chi connectivity index (χ3v) is 5.18. The summed E-state index contributed by atoms with van der Waals surface area (Å²) in [4.78, 5) is 19.6. The first-order valence-corrected chi connectivity index (χ1v) is 9.91. The van der Waals surface area contributed by atoms with Crippen LogP contribution in [-0.2, 0) is 4.79 Å². The van der Waals surface area contributed by atoms with Crippen molar-refractivity contribution in [3.63, 3.8) is 0 Å². The number of benzene rings is 3. The minimum atomic E-state index is -0.165. The number of nitrogens with zero attached hydrogens (tertiary/aromatic N) is 2. The van der Waals surface area contributed by atoms with E-state index in [-0.39, 0.29) is 5.91 Å². The highest BCUT2D eigenvalue weighted by Crippen LogP contribution is 2.29. The first-order valence-electron chi connectivity index (χ1n) is 8.74. The number of aryl methyl sites for hydroxylation is 1. The van der Waals surface area contributed by atoms with Crippen molar-refractivity contribution in [2.24, 2.45) is 4.99 Å². The summed E-state index contributed by atoms with van der Waals surface area (Å²) in [6.45, 7) is 2.02.